The zero-order chi connectivity index (χ0) is 7.84. The fraction of sp³-hybridized carbons (Fsp3) is 0.182. The normalized spacial score (nSPS) is 15.5. The molecule has 0 bridgehead atoms. The topological polar surface area (TPSA) is 0 Å². The molecule has 1 aromatic rings. The lowest BCUT2D eigenvalue weighted by Gasteiger charge is -2.04. The van der Waals surface area contributed by atoms with Crippen molar-refractivity contribution in [3.63, 3.8) is 0 Å². The van der Waals surface area contributed by atoms with Gasteiger partial charge in [0.15, 0.2) is 0 Å². The van der Waals surface area contributed by atoms with Crippen LogP contribution < -0.4 is 0 Å². The molecule has 1 aliphatic carbocycles. The molecule has 0 aliphatic heterocycles. The molecule has 1 aliphatic rings. The van der Waals surface area contributed by atoms with Gasteiger partial charge < -0.3 is 0 Å². The lowest BCUT2D eigenvalue weighted by molar-refractivity contribution is 1.26. The van der Waals surface area contributed by atoms with Gasteiger partial charge in [0, 0.05) is 5.92 Å². The molecular formula is C11H11. The van der Waals surface area contributed by atoms with Crippen molar-refractivity contribution in [1.82, 2.24) is 0 Å². The molecule has 2 rings (SSSR count). The lowest BCUT2D eigenvalue weighted by atomic mass is 10.00. The highest BCUT2D eigenvalue weighted by Gasteiger charge is 2.13. The maximum Gasteiger partial charge on any atom is 0.0242 e. The first-order valence-corrected chi connectivity index (χ1v) is 3.90. The van der Waals surface area contributed by atoms with Crippen LogP contribution in [0.2, 0.25) is 0 Å². The van der Waals surface area contributed by atoms with Crippen LogP contribution in [-0.2, 0) is 0 Å². The van der Waals surface area contributed by atoms with Gasteiger partial charge in [-0.2, -0.15) is 0 Å². The molecule has 0 heteroatoms. The van der Waals surface area contributed by atoms with E-state index in [4.69, 9.17) is 0 Å². The molecule has 0 amide bonds. The molecule has 0 saturated carbocycles. The van der Waals surface area contributed by atoms with Crippen LogP contribution in [0.4, 0.5) is 0 Å². The Morgan fingerprint density at radius 2 is 1.82 bits per heavy atom. The van der Waals surface area contributed by atoms with E-state index in [0.29, 0.717) is 0 Å². The average molecular weight is 143 g/mol. The summed E-state index contributed by atoms with van der Waals surface area (Å²) >= 11 is 0. The third-order valence-corrected chi connectivity index (χ3v) is 2.25. The average Bonchev–Trinajstić information content (AvgIpc) is 2.35. The van der Waals surface area contributed by atoms with Crippen LogP contribution in [0.5, 0.6) is 0 Å². The Morgan fingerprint density at radius 3 is 2.55 bits per heavy atom. The van der Waals surface area contributed by atoms with Gasteiger partial charge in [-0.25, -0.2) is 0 Å². The number of benzene rings is 1. The summed E-state index contributed by atoms with van der Waals surface area (Å²) in [5, 5.41) is 0. The summed E-state index contributed by atoms with van der Waals surface area (Å²) in [6.45, 7) is 4.31. The number of fused-ring (bicyclic) bond motifs is 1. The Balaban J connectivity index is 2.65. The largest absolute Gasteiger partial charge is 0.0724 e. The molecule has 11 heavy (non-hydrogen) atoms. The Labute approximate surface area is 67.6 Å². The van der Waals surface area contributed by atoms with Crippen molar-refractivity contribution >= 4 is 6.08 Å². The Bertz CT molecular complexity index is 308. The minimum atomic E-state index is 1.37. The van der Waals surface area contributed by atoms with E-state index in [1.807, 2.05) is 0 Å². The number of allylic oxidation sites excluding steroid dienone is 1. The van der Waals surface area contributed by atoms with Crippen LogP contribution in [0.1, 0.15) is 23.6 Å². The van der Waals surface area contributed by atoms with E-state index < -0.39 is 0 Å². The van der Waals surface area contributed by atoms with E-state index in [9.17, 15) is 0 Å². The molecule has 1 radical (unpaired) electrons. The SMILES string of the molecule is C[C]1C=Cc2c(C)cccc21. The van der Waals surface area contributed by atoms with Crippen LogP contribution in [0.3, 0.4) is 0 Å². The van der Waals surface area contributed by atoms with E-state index in [1.165, 1.54) is 22.6 Å². The highest BCUT2D eigenvalue weighted by Crippen LogP contribution is 2.30. The van der Waals surface area contributed by atoms with Crippen molar-refractivity contribution in [3.05, 3.63) is 46.9 Å². The summed E-state index contributed by atoms with van der Waals surface area (Å²) in [7, 11) is 0. The first kappa shape index (κ1) is 6.66. The highest BCUT2D eigenvalue weighted by molar-refractivity contribution is 5.70. The molecule has 1 aromatic carbocycles. The summed E-state index contributed by atoms with van der Waals surface area (Å²) in [4.78, 5) is 0. The van der Waals surface area contributed by atoms with Crippen molar-refractivity contribution in [3.8, 4) is 0 Å². The fourth-order valence-electron chi connectivity index (χ4n) is 1.54. The second kappa shape index (κ2) is 2.23. The predicted octanol–water partition coefficient (Wildman–Crippen LogP) is 2.96. The van der Waals surface area contributed by atoms with Crippen molar-refractivity contribution in [2.45, 2.75) is 13.8 Å². The standard InChI is InChI=1S/C11H11/c1-8-4-3-5-10-9(2)6-7-11(8)10/h3-7H,1-2H3. The molecular weight excluding hydrogens is 132 g/mol. The van der Waals surface area contributed by atoms with Crippen LogP contribution in [0.25, 0.3) is 6.08 Å². The Hall–Kier alpha value is -1.04. The second-order valence-electron chi connectivity index (χ2n) is 3.05. The fourth-order valence-corrected chi connectivity index (χ4v) is 1.54. The van der Waals surface area contributed by atoms with E-state index >= 15 is 0 Å². The van der Waals surface area contributed by atoms with Crippen LogP contribution in [-0.4, -0.2) is 0 Å². The molecule has 0 atom stereocenters. The quantitative estimate of drug-likeness (QED) is 0.523. The molecule has 55 valence electrons. The summed E-state index contributed by atoms with van der Waals surface area (Å²) < 4.78 is 0. The smallest absolute Gasteiger partial charge is 0.0242 e. The minimum Gasteiger partial charge on any atom is -0.0724 e. The molecule has 0 saturated heterocycles. The van der Waals surface area contributed by atoms with Crippen LogP contribution in [0, 0.1) is 12.8 Å². The van der Waals surface area contributed by atoms with Gasteiger partial charge in [0.2, 0.25) is 0 Å². The summed E-state index contributed by atoms with van der Waals surface area (Å²) in [5.41, 5.74) is 4.16. The number of hydrogen-bond donors (Lipinski definition) is 0. The third kappa shape index (κ3) is 0.900. The van der Waals surface area contributed by atoms with Gasteiger partial charge in [-0.3, -0.25) is 0 Å². The van der Waals surface area contributed by atoms with Crippen molar-refractivity contribution in [1.29, 1.82) is 0 Å². The second-order valence-corrected chi connectivity index (χ2v) is 3.05. The predicted molar refractivity (Wildman–Crippen MR) is 48.2 cm³/mol. The van der Waals surface area contributed by atoms with Crippen molar-refractivity contribution < 1.29 is 0 Å². The minimum absolute atomic E-state index is 1.37. The zero-order valence-corrected chi connectivity index (χ0v) is 6.89. The van der Waals surface area contributed by atoms with Crippen molar-refractivity contribution in [2.24, 2.45) is 0 Å². The Kier molecular flexibility index (Phi) is 1.35. The summed E-state index contributed by atoms with van der Waals surface area (Å²) in [6, 6.07) is 6.45. The van der Waals surface area contributed by atoms with Gasteiger partial charge >= 0.3 is 0 Å². The summed E-state index contributed by atoms with van der Waals surface area (Å²) in [5.74, 6) is 1.38. The van der Waals surface area contributed by atoms with E-state index in [2.05, 4.69) is 44.2 Å². The van der Waals surface area contributed by atoms with Gasteiger partial charge in [-0.15, -0.1) is 0 Å². The monoisotopic (exact) mass is 143 g/mol. The molecule has 0 fully saturated rings. The van der Waals surface area contributed by atoms with Gasteiger partial charge in [-0.05, 0) is 23.6 Å². The first-order chi connectivity index (χ1) is 5.29. The number of aryl methyl sites for hydroxylation is 1. The van der Waals surface area contributed by atoms with Gasteiger partial charge in [0.25, 0.3) is 0 Å². The van der Waals surface area contributed by atoms with Gasteiger partial charge in [0.05, 0.1) is 0 Å². The third-order valence-electron chi connectivity index (χ3n) is 2.25. The molecule has 0 heterocycles. The molecule has 0 aromatic heterocycles. The van der Waals surface area contributed by atoms with Crippen molar-refractivity contribution in [2.75, 3.05) is 0 Å². The Morgan fingerprint density at radius 1 is 1.00 bits per heavy atom. The maximum atomic E-state index is 2.19. The van der Waals surface area contributed by atoms with Gasteiger partial charge in [0.1, 0.15) is 0 Å². The molecule has 0 N–H and O–H groups in total. The summed E-state index contributed by atoms with van der Waals surface area (Å²) in [6.07, 6.45) is 4.37. The van der Waals surface area contributed by atoms with E-state index in [0.717, 1.165) is 0 Å². The van der Waals surface area contributed by atoms with Crippen LogP contribution in [0.15, 0.2) is 24.3 Å². The maximum absolute atomic E-state index is 2.19. The molecule has 0 spiro atoms. The van der Waals surface area contributed by atoms with E-state index in [1.54, 1.807) is 0 Å². The lowest BCUT2D eigenvalue weighted by Crippen LogP contribution is -1.88. The van der Waals surface area contributed by atoms with Gasteiger partial charge in [-0.1, -0.05) is 37.3 Å². The molecule has 0 unspecified atom stereocenters. The number of rotatable bonds is 0. The van der Waals surface area contributed by atoms with Crippen LogP contribution >= 0.6 is 0 Å². The first-order valence-electron chi connectivity index (χ1n) is 3.90. The number of hydrogen-bond acceptors (Lipinski definition) is 0. The van der Waals surface area contributed by atoms with E-state index in [-0.39, 0.29) is 0 Å². The zero-order valence-electron chi connectivity index (χ0n) is 6.89. The highest BCUT2D eigenvalue weighted by atomic mass is 14.2. The molecule has 0 nitrogen and oxygen atoms in total.